The summed E-state index contributed by atoms with van der Waals surface area (Å²) >= 11 is 0. The highest BCUT2D eigenvalue weighted by molar-refractivity contribution is 5.33. The van der Waals surface area contributed by atoms with Crippen LogP contribution < -0.4 is 5.73 Å². The summed E-state index contributed by atoms with van der Waals surface area (Å²) in [5, 5.41) is 10.7. The molecule has 0 radical (unpaired) electrons. The molecule has 2 rings (SSSR count). The molecule has 1 aliphatic rings. The van der Waals surface area contributed by atoms with E-state index >= 15 is 0 Å². The molecule has 1 unspecified atom stereocenters. The van der Waals surface area contributed by atoms with Gasteiger partial charge >= 0.3 is 0 Å². The fourth-order valence-corrected chi connectivity index (χ4v) is 2.66. The molecule has 1 aliphatic carbocycles. The summed E-state index contributed by atoms with van der Waals surface area (Å²) in [6.07, 6.45) is 5.44. The van der Waals surface area contributed by atoms with E-state index in [1.165, 1.54) is 0 Å². The van der Waals surface area contributed by atoms with Crippen molar-refractivity contribution in [1.29, 1.82) is 0 Å². The Balaban J connectivity index is 2.21. The minimum Gasteiger partial charge on any atom is -0.389 e. The van der Waals surface area contributed by atoms with Crippen LogP contribution in [0.1, 0.15) is 38.7 Å². The molecule has 0 bridgehead atoms. The zero-order valence-electron chi connectivity index (χ0n) is 10.0. The molecule has 1 heterocycles. The highest BCUT2D eigenvalue weighted by Gasteiger charge is 2.47. The summed E-state index contributed by atoms with van der Waals surface area (Å²) in [4.78, 5) is 3.97. The largest absolute Gasteiger partial charge is 0.389 e. The van der Waals surface area contributed by atoms with Crippen molar-refractivity contribution in [3.05, 3.63) is 23.9 Å². The Kier molecular flexibility index (Phi) is 2.66. The van der Waals surface area contributed by atoms with Gasteiger partial charge in [-0.2, -0.15) is 0 Å². The van der Waals surface area contributed by atoms with Gasteiger partial charge in [0.25, 0.3) is 0 Å². The van der Waals surface area contributed by atoms with Crippen LogP contribution in [0, 0.1) is 5.41 Å². The van der Waals surface area contributed by atoms with E-state index in [-0.39, 0.29) is 5.41 Å². The maximum Gasteiger partial charge on any atom is 0.123 e. The minimum atomic E-state index is -0.596. The number of aliphatic hydroxyl groups is 1. The predicted octanol–water partition coefficient (Wildman–Crippen LogP) is 2.15. The fourth-order valence-electron chi connectivity index (χ4n) is 2.66. The number of nitrogens with two attached hydrogens (primary N) is 1. The van der Waals surface area contributed by atoms with Crippen LogP contribution >= 0.6 is 0 Å². The lowest BCUT2D eigenvalue weighted by molar-refractivity contribution is -0.0419. The Bertz CT molecular complexity index is 389. The molecule has 0 saturated heterocycles. The number of aromatic nitrogens is 1. The average molecular weight is 220 g/mol. The van der Waals surface area contributed by atoms with Crippen molar-refractivity contribution in [2.75, 3.05) is 5.73 Å². The van der Waals surface area contributed by atoms with Crippen molar-refractivity contribution >= 4 is 5.82 Å². The van der Waals surface area contributed by atoms with Gasteiger partial charge in [-0.25, -0.2) is 4.98 Å². The maximum absolute atomic E-state index is 10.7. The standard InChI is InChI=1S/C13H20N2O/c1-12(2)5-3-6-13(12,16)9-10-4-7-15-11(14)8-10/h4,7-8,16H,3,5-6,9H2,1-2H3,(H2,14,15). The highest BCUT2D eigenvalue weighted by atomic mass is 16.3. The highest BCUT2D eigenvalue weighted by Crippen LogP contribution is 2.47. The van der Waals surface area contributed by atoms with E-state index in [2.05, 4.69) is 18.8 Å². The van der Waals surface area contributed by atoms with Gasteiger partial charge in [0.15, 0.2) is 0 Å². The summed E-state index contributed by atoms with van der Waals surface area (Å²) in [5.74, 6) is 0.525. The smallest absolute Gasteiger partial charge is 0.123 e. The third-order valence-corrected chi connectivity index (χ3v) is 3.99. The second-order valence-electron chi connectivity index (χ2n) is 5.53. The zero-order valence-corrected chi connectivity index (χ0v) is 10.0. The van der Waals surface area contributed by atoms with Gasteiger partial charge in [-0.05, 0) is 42.4 Å². The Morgan fingerprint density at radius 3 is 2.75 bits per heavy atom. The molecule has 1 atom stereocenters. The van der Waals surface area contributed by atoms with Crippen LogP contribution in [0.15, 0.2) is 18.3 Å². The summed E-state index contributed by atoms with van der Waals surface area (Å²) in [6.45, 7) is 4.29. The molecule has 0 aliphatic heterocycles. The van der Waals surface area contributed by atoms with Crippen molar-refractivity contribution in [2.24, 2.45) is 5.41 Å². The molecule has 1 fully saturated rings. The molecular weight excluding hydrogens is 200 g/mol. The van der Waals surface area contributed by atoms with Crippen LogP contribution in [0.2, 0.25) is 0 Å². The van der Waals surface area contributed by atoms with Crippen molar-refractivity contribution in [3.63, 3.8) is 0 Å². The quantitative estimate of drug-likeness (QED) is 0.803. The summed E-state index contributed by atoms with van der Waals surface area (Å²) in [5.41, 5.74) is 6.12. The van der Waals surface area contributed by atoms with Gasteiger partial charge < -0.3 is 10.8 Å². The normalized spacial score (nSPS) is 28.2. The number of hydrogen-bond donors (Lipinski definition) is 2. The lowest BCUT2D eigenvalue weighted by Crippen LogP contribution is -2.41. The van der Waals surface area contributed by atoms with E-state index < -0.39 is 5.60 Å². The summed E-state index contributed by atoms with van der Waals surface area (Å²) in [7, 11) is 0. The molecule has 1 aromatic rings. The zero-order chi connectivity index (χ0) is 11.8. The third-order valence-electron chi connectivity index (χ3n) is 3.99. The first-order valence-corrected chi connectivity index (χ1v) is 5.86. The maximum atomic E-state index is 10.7. The number of pyridine rings is 1. The van der Waals surface area contributed by atoms with E-state index in [1.807, 2.05) is 12.1 Å². The lowest BCUT2D eigenvalue weighted by Gasteiger charge is -2.37. The van der Waals surface area contributed by atoms with E-state index in [1.54, 1.807) is 6.20 Å². The monoisotopic (exact) mass is 220 g/mol. The second kappa shape index (κ2) is 3.74. The SMILES string of the molecule is CC1(C)CCCC1(O)Cc1ccnc(N)c1. The lowest BCUT2D eigenvalue weighted by atomic mass is 9.74. The topological polar surface area (TPSA) is 59.1 Å². The average Bonchev–Trinajstić information content (AvgIpc) is 2.41. The Labute approximate surface area is 96.7 Å². The molecule has 0 spiro atoms. The van der Waals surface area contributed by atoms with Gasteiger partial charge in [0.1, 0.15) is 5.82 Å². The van der Waals surface area contributed by atoms with E-state index in [0.717, 1.165) is 24.8 Å². The first kappa shape index (κ1) is 11.4. The molecule has 3 nitrogen and oxygen atoms in total. The van der Waals surface area contributed by atoms with Crippen molar-refractivity contribution in [2.45, 2.75) is 45.1 Å². The fraction of sp³-hybridized carbons (Fsp3) is 0.615. The predicted molar refractivity (Wildman–Crippen MR) is 64.9 cm³/mol. The van der Waals surface area contributed by atoms with Crippen molar-refractivity contribution < 1.29 is 5.11 Å². The molecule has 0 amide bonds. The number of rotatable bonds is 2. The van der Waals surface area contributed by atoms with Crippen LogP contribution in [0.3, 0.4) is 0 Å². The summed E-state index contributed by atoms with van der Waals surface area (Å²) in [6, 6.07) is 3.79. The number of hydrogen-bond acceptors (Lipinski definition) is 3. The van der Waals surface area contributed by atoms with Crippen molar-refractivity contribution in [3.8, 4) is 0 Å². The minimum absolute atomic E-state index is 0.00890. The van der Waals surface area contributed by atoms with Crippen LogP contribution in [-0.2, 0) is 6.42 Å². The van der Waals surface area contributed by atoms with Gasteiger partial charge in [0.05, 0.1) is 5.60 Å². The van der Waals surface area contributed by atoms with Crippen LogP contribution in [-0.4, -0.2) is 15.7 Å². The molecule has 0 aromatic carbocycles. The molecule has 16 heavy (non-hydrogen) atoms. The first-order valence-electron chi connectivity index (χ1n) is 5.86. The van der Waals surface area contributed by atoms with E-state index in [4.69, 9.17) is 5.73 Å². The van der Waals surface area contributed by atoms with Crippen molar-refractivity contribution in [1.82, 2.24) is 4.98 Å². The molecular formula is C13H20N2O. The number of nitrogen functional groups attached to an aromatic ring is 1. The van der Waals surface area contributed by atoms with Gasteiger partial charge in [0.2, 0.25) is 0 Å². The van der Waals surface area contributed by atoms with Gasteiger partial charge in [-0.3, -0.25) is 0 Å². The Morgan fingerprint density at radius 1 is 1.44 bits per heavy atom. The number of anilines is 1. The Hall–Kier alpha value is -1.09. The third kappa shape index (κ3) is 1.92. The van der Waals surface area contributed by atoms with Crippen LogP contribution in [0.25, 0.3) is 0 Å². The molecule has 3 N–H and O–H groups in total. The molecule has 3 heteroatoms. The van der Waals surface area contributed by atoms with E-state index in [9.17, 15) is 5.11 Å². The molecule has 1 saturated carbocycles. The van der Waals surface area contributed by atoms with E-state index in [0.29, 0.717) is 12.2 Å². The summed E-state index contributed by atoms with van der Waals surface area (Å²) < 4.78 is 0. The molecule has 88 valence electrons. The second-order valence-corrected chi connectivity index (χ2v) is 5.53. The van der Waals surface area contributed by atoms with Gasteiger partial charge in [-0.1, -0.05) is 13.8 Å². The van der Waals surface area contributed by atoms with Gasteiger partial charge in [0, 0.05) is 12.6 Å². The van der Waals surface area contributed by atoms with Crippen LogP contribution in [0.4, 0.5) is 5.82 Å². The number of nitrogens with zero attached hydrogens (tertiary/aromatic N) is 1. The molecule has 1 aromatic heterocycles. The van der Waals surface area contributed by atoms with Crippen LogP contribution in [0.5, 0.6) is 0 Å². The Morgan fingerprint density at radius 2 is 2.19 bits per heavy atom. The van der Waals surface area contributed by atoms with Gasteiger partial charge in [-0.15, -0.1) is 0 Å². The first-order chi connectivity index (χ1) is 7.43.